The standard InChI is InChI=1S/C39H45N7O8S2/c1-20(2)33(43-38(49)51-5)36(47)45-18-55-16-27(45)25-11-24(14-40-25)22-7-9-29-31(12-22)53-30-10-8-23(13-32(30)54-29)26-15-41-35(42-26)28-17-56-19-46(28)37(48)34(21(3)4)44-39(50)52-6/h7-10,12-15,20-21,27-28,33-34H,11,16-19H2,1-6H3,(H,41,42)(H,43,49)(H,44,50)/t27-,28-,33-,34-/m0/s1. The van der Waals surface area contributed by atoms with E-state index in [1.54, 1.807) is 39.5 Å². The van der Waals surface area contributed by atoms with Crippen LogP contribution < -0.4 is 20.1 Å². The minimum Gasteiger partial charge on any atom is -0.453 e. The summed E-state index contributed by atoms with van der Waals surface area (Å²) in [6.45, 7) is 7.55. The van der Waals surface area contributed by atoms with Crippen molar-refractivity contribution in [2.24, 2.45) is 16.8 Å². The first-order valence-electron chi connectivity index (χ1n) is 18.4. The van der Waals surface area contributed by atoms with Gasteiger partial charge in [0.1, 0.15) is 17.9 Å². The second-order valence-corrected chi connectivity index (χ2v) is 16.5. The number of allylic oxidation sites excluding steroid dienone is 1. The number of nitrogens with one attached hydrogen (secondary N) is 3. The topological polar surface area (TPSA) is 177 Å². The number of rotatable bonds is 10. The number of benzene rings is 2. The second-order valence-electron chi connectivity index (χ2n) is 14.5. The molecule has 4 atom stereocenters. The summed E-state index contributed by atoms with van der Waals surface area (Å²) in [7, 11) is 2.56. The molecule has 4 aliphatic heterocycles. The number of nitrogens with zero attached hydrogens (tertiary/aromatic N) is 4. The van der Waals surface area contributed by atoms with Gasteiger partial charge in [-0.05, 0) is 53.3 Å². The lowest BCUT2D eigenvalue weighted by Crippen LogP contribution is -2.54. The summed E-state index contributed by atoms with van der Waals surface area (Å²) in [5, 5.41) is 5.37. The molecule has 7 rings (SSSR count). The first kappa shape index (κ1) is 39.1. The van der Waals surface area contributed by atoms with Crippen molar-refractivity contribution in [3.8, 4) is 34.3 Å². The molecule has 4 aliphatic rings. The van der Waals surface area contributed by atoms with E-state index >= 15 is 0 Å². The maximum atomic E-state index is 13.6. The number of aliphatic imine (C=N–C) groups is 1. The highest BCUT2D eigenvalue weighted by atomic mass is 32.2. The van der Waals surface area contributed by atoms with Gasteiger partial charge in [0.2, 0.25) is 11.8 Å². The average molecular weight is 804 g/mol. The minimum atomic E-state index is -0.725. The van der Waals surface area contributed by atoms with Crippen LogP contribution in [-0.2, 0) is 19.1 Å². The highest BCUT2D eigenvalue weighted by Crippen LogP contribution is 2.48. The predicted molar refractivity (Wildman–Crippen MR) is 214 cm³/mol. The van der Waals surface area contributed by atoms with Crippen LogP contribution in [0.4, 0.5) is 9.59 Å². The number of carbonyl (C=O) groups excluding carboxylic acids is 4. The number of hydrogen-bond acceptors (Lipinski definition) is 12. The number of fused-ring (bicyclic) bond motifs is 2. The number of thioether (sulfide) groups is 2. The molecule has 0 bridgehead atoms. The van der Waals surface area contributed by atoms with E-state index in [-0.39, 0.29) is 35.7 Å². The molecule has 2 aromatic carbocycles. The number of methoxy groups -OCH3 is 2. The fourth-order valence-electron chi connectivity index (χ4n) is 7.01. The minimum absolute atomic E-state index is 0.117. The zero-order valence-corrected chi connectivity index (χ0v) is 33.6. The number of H-pyrrole nitrogens is 1. The van der Waals surface area contributed by atoms with Gasteiger partial charge in [-0.1, -0.05) is 33.8 Å². The largest absolute Gasteiger partial charge is 0.453 e. The van der Waals surface area contributed by atoms with Crippen molar-refractivity contribution in [2.75, 3.05) is 37.5 Å². The summed E-state index contributed by atoms with van der Waals surface area (Å²) in [5.41, 5.74) is 4.43. The molecule has 5 heterocycles. The van der Waals surface area contributed by atoms with E-state index in [2.05, 4.69) is 20.6 Å². The summed E-state index contributed by atoms with van der Waals surface area (Å²) in [6, 6.07) is 9.56. The van der Waals surface area contributed by atoms with E-state index in [1.165, 1.54) is 14.2 Å². The molecular formula is C39H45N7O8S2. The third-order valence-electron chi connectivity index (χ3n) is 10.2. The Hall–Kier alpha value is -5.16. The number of aromatic nitrogens is 2. The summed E-state index contributed by atoms with van der Waals surface area (Å²) >= 11 is 3.29. The Morgan fingerprint density at radius 3 is 1.89 bits per heavy atom. The molecule has 296 valence electrons. The molecule has 2 fully saturated rings. The molecule has 56 heavy (non-hydrogen) atoms. The second kappa shape index (κ2) is 16.5. The Morgan fingerprint density at radius 2 is 1.32 bits per heavy atom. The van der Waals surface area contributed by atoms with Gasteiger partial charge in [0.15, 0.2) is 23.0 Å². The molecule has 4 amide bonds. The van der Waals surface area contributed by atoms with Crippen molar-refractivity contribution in [3.05, 3.63) is 60.2 Å². The van der Waals surface area contributed by atoms with Crippen molar-refractivity contribution >= 4 is 58.8 Å². The first-order chi connectivity index (χ1) is 26.9. The number of imidazole rings is 1. The zero-order valence-electron chi connectivity index (χ0n) is 32.0. The predicted octanol–water partition coefficient (Wildman–Crippen LogP) is 6.40. The van der Waals surface area contributed by atoms with E-state index in [4.69, 9.17) is 23.9 Å². The summed E-state index contributed by atoms with van der Waals surface area (Å²) < 4.78 is 22.2. The third kappa shape index (κ3) is 7.91. The Bertz CT molecular complexity index is 2080. The van der Waals surface area contributed by atoms with Crippen LogP contribution in [0.25, 0.3) is 16.8 Å². The average Bonchev–Trinajstić information content (AvgIpc) is 4.03. The van der Waals surface area contributed by atoms with Crippen LogP contribution in [0.2, 0.25) is 0 Å². The first-order valence-corrected chi connectivity index (χ1v) is 20.7. The van der Waals surface area contributed by atoms with Crippen LogP contribution in [0.15, 0.2) is 53.8 Å². The normalized spacial score (nSPS) is 19.6. The van der Waals surface area contributed by atoms with Crippen molar-refractivity contribution < 1.29 is 38.1 Å². The summed E-state index contributed by atoms with van der Waals surface area (Å²) in [4.78, 5) is 67.5. The van der Waals surface area contributed by atoms with Crippen molar-refractivity contribution in [1.29, 1.82) is 0 Å². The maximum absolute atomic E-state index is 13.6. The number of hydrogen-bond donors (Lipinski definition) is 3. The zero-order chi connectivity index (χ0) is 39.7. The van der Waals surface area contributed by atoms with Gasteiger partial charge in [0, 0.05) is 35.4 Å². The van der Waals surface area contributed by atoms with Gasteiger partial charge in [-0.3, -0.25) is 14.6 Å². The van der Waals surface area contributed by atoms with E-state index in [0.29, 0.717) is 52.7 Å². The lowest BCUT2D eigenvalue weighted by Gasteiger charge is -2.30. The van der Waals surface area contributed by atoms with Gasteiger partial charge >= 0.3 is 12.2 Å². The number of carbonyl (C=O) groups is 4. The van der Waals surface area contributed by atoms with Gasteiger partial charge in [-0.2, -0.15) is 0 Å². The van der Waals surface area contributed by atoms with Crippen LogP contribution in [0, 0.1) is 11.8 Å². The third-order valence-corrected chi connectivity index (χ3v) is 12.2. The quantitative estimate of drug-likeness (QED) is 0.162. The molecule has 0 radical (unpaired) electrons. The Balaban J connectivity index is 1.00. The van der Waals surface area contributed by atoms with E-state index in [0.717, 1.165) is 33.9 Å². The van der Waals surface area contributed by atoms with Gasteiger partial charge in [0.05, 0.1) is 49.9 Å². The lowest BCUT2D eigenvalue weighted by molar-refractivity contribution is -0.135. The van der Waals surface area contributed by atoms with Crippen LogP contribution in [0.3, 0.4) is 0 Å². The van der Waals surface area contributed by atoms with E-state index in [9.17, 15) is 19.2 Å². The molecule has 0 aliphatic carbocycles. The Labute approximate surface area is 333 Å². The molecule has 0 saturated carbocycles. The Kier molecular flexibility index (Phi) is 11.5. The van der Waals surface area contributed by atoms with Crippen molar-refractivity contribution in [2.45, 2.75) is 58.3 Å². The number of ether oxygens (including phenoxy) is 4. The monoisotopic (exact) mass is 803 g/mol. The number of amides is 4. The van der Waals surface area contributed by atoms with Gasteiger partial charge in [-0.15, -0.1) is 23.5 Å². The molecule has 0 unspecified atom stereocenters. The Morgan fingerprint density at radius 1 is 0.786 bits per heavy atom. The lowest BCUT2D eigenvalue weighted by atomic mass is 9.98. The molecule has 3 aromatic rings. The number of alkyl carbamates (subject to hydrolysis) is 2. The molecule has 17 heteroatoms. The summed E-state index contributed by atoms with van der Waals surface area (Å²) in [5.74, 6) is 4.73. The van der Waals surface area contributed by atoms with Crippen LogP contribution >= 0.6 is 23.5 Å². The van der Waals surface area contributed by atoms with Crippen molar-refractivity contribution in [1.82, 2.24) is 30.4 Å². The van der Waals surface area contributed by atoms with E-state index in [1.807, 2.05) is 70.3 Å². The highest BCUT2D eigenvalue weighted by Gasteiger charge is 2.40. The van der Waals surface area contributed by atoms with Gasteiger partial charge < -0.3 is 44.4 Å². The highest BCUT2D eigenvalue weighted by molar-refractivity contribution is 7.99. The smallest absolute Gasteiger partial charge is 0.407 e. The van der Waals surface area contributed by atoms with Gasteiger partial charge in [-0.25, -0.2) is 14.6 Å². The van der Waals surface area contributed by atoms with Crippen LogP contribution in [0.5, 0.6) is 23.0 Å². The van der Waals surface area contributed by atoms with Crippen LogP contribution in [0.1, 0.15) is 51.5 Å². The van der Waals surface area contributed by atoms with Crippen molar-refractivity contribution in [3.63, 3.8) is 0 Å². The van der Waals surface area contributed by atoms with Crippen LogP contribution in [-0.4, -0.2) is 105 Å². The maximum Gasteiger partial charge on any atom is 0.407 e. The van der Waals surface area contributed by atoms with E-state index < -0.39 is 24.3 Å². The summed E-state index contributed by atoms with van der Waals surface area (Å²) in [6.07, 6.45) is 2.88. The SMILES string of the molecule is COC(=O)N[C@H](C(=O)N1CSC[C@H]1C1=NC=C(c2ccc3c(c2)Oc2ccc(-c4cnc([C@@H]5CSCN5C(=O)[C@@H](NC(=O)OC)C(C)C)[nH]4)cc2O3)C1)C(C)C. The molecule has 15 nitrogen and oxygen atoms in total. The molecular weight excluding hydrogens is 759 g/mol. The number of aromatic amines is 1. The van der Waals surface area contributed by atoms with Gasteiger partial charge in [0.25, 0.3) is 0 Å². The fourth-order valence-corrected chi connectivity index (χ4v) is 9.38. The molecule has 3 N–H and O–H groups in total. The fraction of sp³-hybridized carbons (Fsp3) is 0.436. The molecule has 0 spiro atoms. The molecule has 2 saturated heterocycles. The molecule has 1 aromatic heterocycles.